The number of nitrogens with one attached hydrogen (secondary N) is 1. The van der Waals surface area contributed by atoms with Crippen LogP contribution in [0.2, 0.25) is 5.02 Å². The number of nitrogens with zero attached hydrogens (tertiary/aromatic N) is 2. The molecule has 100 valence electrons. The molecule has 0 aliphatic rings. The summed E-state index contributed by atoms with van der Waals surface area (Å²) >= 11 is 5.79. The van der Waals surface area contributed by atoms with Gasteiger partial charge >= 0.3 is 0 Å². The number of amides is 1. The maximum Gasteiger partial charge on any atom is 0.252 e. The molecule has 0 fully saturated rings. The zero-order valence-corrected chi connectivity index (χ0v) is 10.7. The van der Waals surface area contributed by atoms with E-state index in [1.54, 1.807) is 10.9 Å². The van der Waals surface area contributed by atoms with Crippen molar-refractivity contribution in [1.82, 2.24) is 15.1 Å². The molecule has 0 spiro atoms. The van der Waals surface area contributed by atoms with Gasteiger partial charge in [-0.3, -0.25) is 9.48 Å². The molecule has 0 atom stereocenters. The Kier molecular flexibility index (Phi) is 4.01. The highest BCUT2D eigenvalue weighted by molar-refractivity contribution is 6.33. The minimum absolute atomic E-state index is 0.0841. The molecule has 0 saturated carbocycles. The molecular formula is C12H12ClFN4O. The van der Waals surface area contributed by atoms with E-state index in [9.17, 15) is 9.18 Å². The van der Waals surface area contributed by atoms with Crippen LogP contribution < -0.4 is 11.1 Å². The van der Waals surface area contributed by atoms with Gasteiger partial charge in [0.25, 0.3) is 5.91 Å². The average molecular weight is 283 g/mol. The van der Waals surface area contributed by atoms with Crippen LogP contribution in [0.5, 0.6) is 0 Å². The average Bonchev–Trinajstić information content (AvgIpc) is 2.75. The highest BCUT2D eigenvalue weighted by Gasteiger charge is 2.10. The second-order valence-corrected chi connectivity index (χ2v) is 4.32. The number of carbonyl (C=O) groups is 1. The van der Waals surface area contributed by atoms with Crippen LogP contribution in [0.3, 0.4) is 0 Å². The van der Waals surface area contributed by atoms with E-state index in [0.717, 1.165) is 6.07 Å². The molecule has 1 amide bonds. The second-order valence-electron chi connectivity index (χ2n) is 3.92. The summed E-state index contributed by atoms with van der Waals surface area (Å²) in [6.45, 7) is 0.857. The normalized spacial score (nSPS) is 10.4. The van der Waals surface area contributed by atoms with Gasteiger partial charge in [-0.1, -0.05) is 11.6 Å². The van der Waals surface area contributed by atoms with Crippen molar-refractivity contribution in [2.75, 3.05) is 12.3 Å². The Bertz CT molecular complexity index is 599. The van der Waals surface area contributed by atoms with Gasteiger partial charge in [-0.25, -0.2) is 4.39 Å². The van der Waals surface area contributed by atoms with E-state index in [-0.39, 0.29) is 16.5 Å². The molecule has 2 rings (SSSR count). The smallest absolute Gasteiger partial charge is 0.252 e. The summed E-state index contributed by atoms with van der Waals surface area (Å²) in [7, 11) is 0. The number of carbonyl (C=O) groups excluding carboxylic acids is 1. The van der Waals surface area contributed by atoms with Crippen LogP contribution >= 0.6 is 11.6 Å². The Morgan fingerprint density at radius 3 is 2.95 bits per heavy atom. The summed E-state index contributed by atoms with van der Waals surface area (Å²) in [5.41, 5.74) is 6.31. The Morgan fingerprint density at radius 1 is 1.53 bits per heavy atom. The van der Waals surface area contributed by atoms with Gasteiger partial charge in [-0.2, -0.15) is 5.10 Å². The molecular weight excluding hydrogens is 271 g/mol. The standard InChI is InChI=1S/C12H12ClFN4O/c13-11-5-8(14)1-2-10(11)12(19)16-3-4-18-7-9(15)6-17-18/h1-2,5-7H,3-4,15H2,(H,16,19). The van der Waals surface area contributed by atoms with Crippen molar-refractivity contribution in [3.63, 3.8) is 0 Å². The van der Waals surface area contributed by atoms with Crippen LogP contribution in [0, 0.1) is 5.82 Å². The summed E-state index contributed by atoms with van der Waals surface area (Å²) in [6.07, 6.45) is 3.19. The third-order valence-corrected chi connectivity index (χ3v) is 2.77. The first-order valence-electron chi connectivity index (χ1n) is 5.57. The third-order valence-electron chi connectivity index (χ3n) is 2.46. The summed E-state index contributed by atoms with van der Waals surface area (Å²) in [4.78, 5) is 11.8. The molecule has 3 N–H and O–H groups in total. The van der Waals surface area contributed by atoms with Crippen LogP contribution in [0.25, 0.3) is 0 Å². The van der Waals surface area contributed by atoms with E-state index in [4.69, 9.17) is 17.3 Å². The lowest BCUT2D eigenvalue weighted by atomic mass is 10.2. The van der Waals surface area contributed by atoms with Gasteiger partial charge in [0.05, 0.1) is 29.0 Å². The fraction of sp³-hybridized carbons (Fsp3) is 0.167. The highest BCUT2D eigenvalue weighted by atomic mass is 35.5. The lowest BCUT2D eigenvalue weighted by Crippen LogP contribution is -2.27. The van der Waals surface area contributed by atoms with Crippen LogP contribution in [0.1, 0.15) is 10.4 Å². The SMILES string of the molecule is Nc1cnn(CCNC(=O)c2ccc(F)cc2Cl)c1. The first-order chi connectivity index (χ1) is 9.06. The number of hydrogen-bond donors (Lipinski definition) is 2. The van der Waals surface area contributed by atoms with Crippen molar-refractivity contribution >= 4 is 23.2 Å². The van der Waals surface area contributed by atoms with Crippen LogP contribution in [-0.4, -0.2) is 22.2 Å². The predicted octanol–water partition coefficient (Wildman–Crippen LogP) is 1.69. The Labute approximate surface area is 114 Å². The summed E-state index contributed by atoms with van der Waals surface area (Å²) in [5, 5.41) is 6.73. The van der Waals surface area contributed by atoms with Gasteiger partial charge < -0.3 is 11.1 Å². The molecule has 0 radical (unpaired) electrons. The minimum atomic E-state index is -0.478. The Morgan fingerprint density at radius 2 is 2.32 bits per heavy atom. The minimum Gasteiger partial charge on any atom is -0.396 e. The molecule has 1 aromatic heterocycles. The molecule has 0 unspecified atom stereocenters. The Balaban J connectivity index is 1.90. The van der Waals surface area contributed by atoms with Crippen molar-refractivity contribution in [1.29, 1.82) is 0 Å². The quantitative estimate of drug-likeness (QED) is 0.896. The molecule has 0 aliphatic carbocycles. The van der Waals surface area contributed by atoms with E-state index in [1.807, 2.05) is 0 Å². The van der Waals surface area contributed by atoms with Gasteiger partial charge in [-0.05, 0) is 18.2 Å². The fourth-order valence-corrected chi connectivity index (χ4v) is 1.81. The lowest BCUT2D eigenvalue weighted by molar-refractivity contribution is 0.0952. The first kappa shape index (κ1) is 13.4. The molecule has 0 aliphatic heterocycles. The molecule has 5 nitrogen and oxygen atoms in total. The van der Waals surface area contributed by atoms with Crippen LogP contribution in [0.15, 0.2) is 30.6 Å². The number of hydrogen-bond acceptors (Lipinski definition) is 3. The van der Waals surface area contributed by atoms with Crippen molar-refractivity contribution in [3.05, 3.63) is 47.0 Å². The molecule has 7 heteroatoms. The zero-order valence-electron chi connectivity index (χ0n) is 9.94. The summed E-state index contributed by atoms with van der Waals surface area (Å²) < 4.78 is 14.5. The van der Waals surface area contributed by atoms with Gasteiger partial charge in [-0.15, -0.1) is 0 Å². The van der Waals surface area contributed by atoms with E-state index >= 15 is 0 Å². The highest BCUT2D eigenvalue weighted by Crippen LogP contribution is 2.16. The predicted molar refractivity (Wildman–Crippen MR) is 70.4 cm³/mol. The zero-order chi connectivity index (χ0) is 13.8. The summed E-state index contributed by atoms with van der Waals surface area (Å²) in [6, 6.07) is 3.64. The monoisotopic (exact) mass is 282 g/mol. The number of nitrogen functional groups attached to an aromatic ring is 1. The van der Waals surface area contributed by atoms with E-state index in [1.165, 1.54) is 18.3 Å². The van der Waals surface area contributed by atoms with Crippen molar-refractivity contribution in [3.8, 4) is 0 Å². The Hall–Kier alpha value is -2.08. The molecule has 1 heterocycles. The van der Waals surface area contributed by atoms with Gasteiger partial charge in [0.2, 0.25) is 0 Å². The van der Waals surface area contributed by atoms with Crippen molar-refractivity contribution < 1.29 is 9.18 Å². The molecule has 0 saturated heterocycles. The van der Waals surface area contributed by atoms with E-state index < -0.39 is 5.82 Å². The summed E-state index contributed by atoms with van der Waals surface area (Å²) in [5.74, 6) is -0.835. The molecule has 2 aromatic rings. The number of anilines is 1. The number of aromatic nitrogens is 2. The molecule has 1 aromatic carbocycles. The van der Waals surface area contributed by atoms with Crippen molar-refractivity contribution in [2.45, 2.75) is 6.54 Å². The van der Waals surface area contributed by atoms with Gasteiger partial charge in [0, 0.05) is 12.7 Å². The number of benzene rings is 1. The number of rotatable bonds is 4. The van der Waals surface area contributed by atoms with Crippen molar-refractivity contribution in [2.24, 2.45) is 0 Å². The molecule has 19 heavy (non-hydrogen) atoms. The maximum atomic E-state index is 12.8. The first-order valence-corrected chi connectivity index (χ1v) is 5.95. The van der Waals surface area contributed by atoms with Gasteiger partial charge in [0.1, 0.15) is 5.82 Å². The third kappa shape index (κ3) is 3.45. The maximum absolute atomic E-state index is 12.8. The van der Waals surface area contributed by atoms with Crippen LogP contribution in [0.4, 0.5) is 10.1 Å². The van der Waals surface area contributed by atoms with Crippen LogP contribution in [-0.2, 0) is 6.54 Å². The fourth-order valence-electron chi connectivity index (χ4n) is 1.55. The largest absolute Gasteiger partial charge is 0.396 e. The lowest BCUT2D eigenvalue weighted by Gasteiger charge is -2.07. The van der Waals surface area contributed by atoms with Gasteiger partial charge in [0.15, 0.2) is 0 Å². The van der Waals surface area contributed by atoms with E-state index in [2.05, 4.69) is 10.4 Å². The molecule has 0 bridgehead atoms. The second kappa shape index (κ2) is 5.71. The topological polar surface area (TPSA) is 72.9 Å². The number of halogens is 2. The number of nitrogens with two attached hydrogens (primary N) is 1. The van der Waals surface area contributed by atoms with E-state index in [0.29, 0.717) is 18.8 Å².